The lowest BCUT2D eigenvalue weighted by Crippen LogP contribution is -2.44. The van der Waals surface area contributed by atoms with Crippen LogP contribution in [0.3, 0.4) is 0 Å². The molecule has 1 aliphatic rings. The predicted molar refractivity (Wildman–Crippen MR) is 155 cm³/mol. The number of carbonyl (C=O) groups excluding carboxylic acids is 3. The Morgan fingerprint density at radius 3 is 2.07 bits per heavy atom. The molecule has 0 aliphatic carbocycles. The predicted octanol–water partition coefficient (Wildman–Crippen LogP) is 2.44. The molecule has 1 aromatic carbocycles. The largest absolute Gasteiger partial charge is 0.460 e. The Morgan fingerprint density at radius 1 is 0.881 bits per heavy atom. The fraction of sp³-hybridized carbons (Fsp3) is 0.667. The van der Waals surface area contributed by atoms with E-state index in [1.807, 2.05) is 39.0 Å². The molecular formula is C30H45N3O9. The summed E-state index contributed by atoms with van der Waals surface area (Å²) in [4.78, 5) is 48.4. The fourth-order valence-electron chi connectivity index (χ4n) is 4.65. The maximum Gasteiger partial charge on any atom is 0.329 e. The normalized spacial score (nSPS) is 15.8. The van der Waals surface area contributed by atoms with E-state index < -0.39 is 17.6 Å². The number of amides is 2. The van der Waals surface area contributed by atoms with Crippen molar-refractivity contribution in [3.05, 3.63) is 34.2 Å². The molecule has 2 aromatic rings. The van der Waals surface area contributed by atoms with Crippen molar-refractivity contribution in [2.45, 2.75) is 70.9 Å². The number of ether oxygens (including phenoxy) is 5. The maximum atomic E-state index is 12.9. The number of fused-ring (bicyclic) bond motifs is 1. The zero-order valence-electron chi connectivity index (χ0n) is 25.3. The van der Waals surface area contributed by atoms with Crippen LogP contribution in [0, 0.1) is 0 Å². The van der Waals surface area contributed by atoms with Crippen LogP contribution in [0.25, 0.3) is 11.0 Å². The highest BCUT2D eigenvalue weighted by Crippen LogP contribution is 2.24. The Hall–Kier alpha value is -3.06. The maximum absolute atomic E-state index is 12.9. The zero-order valence-corrected chi connectivity index (χ0v) is 25.3. The van der Waals surface area contributed by atoms with Crippen LogP contribution in [0.5, 0.6) is 0 Å². The van der Waals surface area contributed by atoms with Crippen LogP contribution in [0.1, 0.15) is 64.5 Å². The lowest BCUT2D eigenvalue weighted by Gasteiger charge is -2.21. The first-order valence-electron chi connectivity index (χ1n) is 14.6. The van der Waals surface area contributed by atoms with Crippen molar-refractivity contribution in [3.8, 4) is 0 Å². The first-order valence-corrected chi connectivity index (χ1v) is 14.6. The molecule has 1 aromatic heterocycles. The molecule has 1 atom stereocenters. The van der Waals surface area contributed by atoms with Gasteiger partial charge in [0.15, 0.2) is 0 Å². The number of aryl methyl sites for hydroxylation is 2. The second kappa shape index (κ2) is 16.5. The van der Waals surface area contributed by atoms with Crippen LogP contribution in [0.15, 0.2) is 23.0 Å². The van der Waals surface area contributed by atoms with Gasteiger partial charge in [0.2, 0.25) is 11.8 Å². The number of imidazole rings is 1. The molecule has 3 rings (SSSR count). The minimum absolute atomic E-state index is 0.212. The highest BCUT2D eigenvalue weighted by atomic mass is 16.6. The van der Waals surface area contributed by atoms with Crippen molar-refractivity contribution in [2.75, 3.05) is 52.9 Å². The number of rotatable bonds is 18. The highest BCUT2D eigenvalue weighted by molar-refractivity contribution is 6.00. The molecule has 12 heteroatoms. The summed E-state index contributed by atoms with van der Waals surface area (Å²) >= 11 is 0. The number of piperidine rings is 1. The van der Waals surface area contributed by atoms with Crippen LogP contribution in [0.4, 0.5) is 0 Å². The second-order valence-corrected chi connectivity index (χ2v) is 11.2. The summed E-state index contributed by atoms with van der Waals surface area (Å²) in [5, 5.41) is 2.33. The number of benzene rings is 1. The number of carbonyl (C=O) groups is 3. The fourth-order valence-corrected chi connectivity index (χ4v) is 4.65. The van der Waals surface area contributed by atoms with Crippen LogP contribution in [-0.4, -0.2) is 85.4 Å². The number of imide groups is 1. The number of esters is 1. The molecule has 1 unspecified atom stereocenters. The molecular weight excluding hydrogens is 546 g/mol. The van der Waals surface area contributed by atoms with E-state index in [9.17, 15) is 19.2 Å². The SMILES string of the molecule is Cn1c(=O)n(C2CCC(=O)NC2=O)c2ccc(CCCOCCOCCOCCOCCCC(=O)OC(C)(C)C)cc21. The van der Waals surface area contributed by atoms with Gasteiger partial charge in [0, 0.05) is 33.1 Å². The van der Waals surface area contributed by atoms with E-state index in [1.165, 1.54) is 4.57 Å². The van der Waals surface area contributed by atoms with Crippen molar-refractivity contribution in [1.82, 2.24) is 14.5 Å². The second-order valence-electron chi connectivity index (χ2n) is 11.2. The quantitative estimate of drug-likeness (QED) is 0.157. The van der Waals surface area contributed by atoms with E-state index in [0.717, 1.165) is 23.9 Å². The van der Waals surface area contributed by atoms with Crippen LogP contribution in [0.2, 0.25) is 0 Å². The topological polar surface area (TPSA) is 136 Å². The molecule has 0 radical (unpaired) electrons. The molecule has 0 bridgehead atoms. The molecule has 2 amide bonds. The summed E-state index contributed by atoms with van der Waals surface area (Å²) in [6.07, 6.45) is 3.09. The number of nitrogens with one attached hydrogen (secondary N) is 1. The Balaban J connectivity index is 1.21. The lowest BCUT2D eigenvalue weighted by molar-refractivity contribution is -0.155. The molecule has 0 saturated carbocycles. The molecule has 1 aliphatic heterocycles. The van der Waals surface area contributed by atoms with Crippen molar-refractivity contribution >= 4 is 28.8 Å². The van der Waals surface area contributed by atoms with Crippen molar-refractivity contribution < 1.29 is 38.1 Å². The molecule has 1 saturated heterocycles. The standard InChI is InChI=1S/C30H45N3O9/c1-30(2,3)42-27(35)8-6-14-39-16-18-41-20-19-40-17-15-38-13-5-7-22-9-10-23-25(21-22)32(4)29(37)33(23)24-11-12-26(34)31-28(24)36/h9-10,21,24H,5-8,11-20H2,1-4H3,(H,31,34,36). The zero-order chi connectivity index (χ0) is 30.5. The summed E-state index contributed by atoms with van der Waals surface area (Å²) in [6.45, 7) is 9.46. The molecule has 1 fully saturated rings. The van der Waals surface area contributed by atoms with Gasteiger partial charge < -0.3 is 23.7 Å². The summed E-state index contributed by atoms with van der Waals surface area (Å²) in [6, 6.07) is 5.11. The van der Waals surface area contributed by atoms with E-state index in [4.69, 9.17) is 23.7 Å². The lowest BCUT2D eigenvalue weighted by atomic mass is 10.1. The molecule has 1 N–H and O–H groups in total. The molecule has 2 heterocycles. The average molecular weight is 592 g/mol. The Labute approximate surface area is 246 Å². The first kappa shape index (κ1) is 33.4. The van der Waals surface area contributed by atoms with Crippen molar-refractivity contribution in [1.29, 1.82) is 0 Å². The number of nitrogens with zero attached hydrogens (tertiary/aromatic N) is 2. The van der Waals surface area contributed by atoms with Crippen LogP contribution < -0.4 is 11.0 Å². The van der Waals surface area contributed by atoms with Crippen LogP contribution in [-0.2, 0) is 51.5 Å². The van der Waals surface area contributed by atoms with Gasteiger partial charge in [-0.3, -0.25) is 28.8 Å². The molecule has 12 nitrogen and oxygen atoms in total. The van der Waals surface area contributed by atoms with Gasteiger partial charge in [-0.05, 0) is 64.2 Å². The monoisotopic (exact) mass is 591 g/mol. The van der Waals surface area contributed by atoms with E-state index in [2.05, 4.69) is 5.32 Å². The van der Waals surface area contributed by atoms with E-state index in [1.54, 1.807) is 11.6 Å². The number of hydrogen-bond acceptors (Lipinski definition) is 9. The van der Waals surface area contributed by atoms with E-state index >= 15 is 0 Å². The summed E-state index contributed by atoms with van der Waals surface area (Å²) < 4.78 is 30.4. The van der Waals surface area contributed by atoms with Gasteiger partial charge in [0.05, 0.1) is 50.7 Å². The Bertz CT molecular complexity index is 1250. The summed E-state index contributed by atoms with van der Waals surface area (Å²) in [5.41, 5.74) is 1.77. The third-order valence-electron chi connectivity index (χ3n) is 6.64. The third-order valence-corrected chi connectivity index (χ3v) is 6.64. The molecule has 0 spiro atoms. The van der Waals surface area contributed by atoms with Gasteiger partial charge in [-0.25, -0.2) is 4.79 Å². The summed E-state index contributed by atoms with van der Waals surface area (Å²) in [5.74, 6) is -0.956. The highest BCUT2D eigenvalue weighted by Gasteiger charge is 2.31. The van der Waals surface area contributed by atoms with Crippen molar-refractivity contribution in [3.63, 3.8) is 0 Å². The van der Waals surface area contributed by atoms with Gasteiger partial charge in [0.1, 0.15) is 11.6 Å². The summed E-state index contributed by atoms with van der Waals surface area (Å²) in [7, 11) is 1.69. The Morgan fingerprint density at radius 2 is 1.48 bits per heavy atom. The van der Waals surface area contributed by atoms with Gasteiger partial charge in [-0.15, -0.1) is 0 Å². The van der Waals surface area contributed by atoms with Crippen molar-refractivity contribution in [2.24, 2.45) is 7.05 Å². The van der Waals surface area contributed by atoms with Gasteiger partial charge in [-0.2, -0.15) is 0 Å². The number of hydrogen-bond donors (Lipinski definition) is 1. The third kappa shape index (κ3) is 10.6. The van der Waals surface area contributed by atoms with E-state index in [0.29, 0.717) is 77.6 Å². The first-order chi connectivity index (χ1) is 20.1. The minimum atomic E-state index is -0.686. The minimum Gasteiger partial charge on any atom is -0.460 e. The molecule has 234 valence electrons. The smallest absolute Gasteiger partial charge is 0.329 e. The van der Waals surface area contributed by atoms with Gasteiger partial charge >= 0.3 is 11.7 Å². The van der Waals surface area contributed by atoms with Gasteiger partial charge in [0.25, 0.3) is 0 Å². The number of aromatic nitrogens is 2. The Kier molecular flexibility index (Phi) is 13.2. The van der Waals surface area contributed by atoms with E-state index in [-0.39, 0.29) is 24.0 Å². The van der Waals surface area contributed by atoms with Gasteiger partial charge in [-0.1, -0.05) is 6.07 Å². The van der Waals surface area contributed by atoms with Crippen LogP contribution >= 0.6 is 0 Å². The average Bonchev–Trinajstić information content (AvgIpc) is 3.16. The molecule has 42 heavy (non-hydrogen) atoms.